The number of benzene rings is 1. The van der Waals surface area contributed by atoms with E-state index in [1.54, 1.807) is 42.7 Å². The molecule has 1 saturated heterocycles. The second-order valence-corrected chi connectivity index (χ2v) is 7.32. The number of alkyl halides is 1. The lowest BCUT2D eigenvalue weighted by Gasteiger charge is -2.36. The molecule has 0 aliphatic carbocycles. The first-order valence-electron chi connectivity index (χ1n) is 9.79. The van der Waals surface area contributed by atoms with Crippen LogP contribution in [-0.4, -0.2) is 54.7 Å². The zero-order chi connectivity index (χ0) is 21.6. The van der Waals surface area contributed by atoms with Gasteiger partial charge < -0.3 is 19.7 Å². The van der Waals surface area contributed by atoms with Crippen molar-refractivity contribution in [3.05, 3.63) is 53.9 Å². The molecule has 8 heteroatoms. The van der Waals surface area contributed by atoms with Gasteiger partial charge in [0.05, 0.1) is 27.2 Å². The highest BCUT2D eigenvalue weighted by Crippen LogP contribution is 2.27. The Morgan fingerprint density at radius 2 is 1.80 bits per heavy atom. The minimum atomic E-state index is -2.10. The van der Waals surface area contributed by atoms with Crippen LogP contribution >= 0.6 is 0 Å². The Balaban J connectivity index is 1.63. The maximum atomic E-state index is 15.4. The third-order valence-corrected chi connectivity index (χ3v) is 5.17. The summed E-state index contributed by atoms with van der Waals surface area (Å²) < 4.78 is 25.9. The topological polar surface area (TPSA) is 80.8 Å². The summed E-state index contributed by atoms with van der Waals surface area (Å²) in [5.41, 5.74) is -0.571. The van der Waals surface area contributed by atoms with Gasteiger partial charge in [0.1, 0.15) is 11.5 Å². The van der Waals surface area contributed by atoms with Crippen LogP contribution in [0.3, 0.4) is 0 Å². The van der Waals surface area contributed by atoms with Crippen LogP contribution in [0.2, 0.25) is 0 Å². The van der Waals surface area contributed by atoms with E-state index in [-0.39, 0.29) is 31.8 Å². The third kappa shape index (κ3) is 5.25. The highest BCUT2D eigenvalue weighted by molar-refractivity contribution is 5.87. The van der Waals surface area contributed by atoms with E-state index >= 15 is 4.39 Å². The third-order valence-electron chi connectivity index (χ3n) is 5.17. The van der Waals surface area contributed by atoms with Crippen LogP contribution in [0.5, 0.6) is 11.5 Å². The lowest BCUT2D eigenvalue weighted by atomic mass is 9.93. The predicted molar refractivity (Wildman–Crippen MR) is 109 cm³/mol. The summed E-state index contributed by atoms with van der Waals surface area (Å²) in [5, 5.41) is 2.64. The fourth-order valence-corrected chi connectivity index (χ4v) is 3.51. The Bertz CT molecular complexity index is 871. The van der Waals surface area contributed by atoms with Gasteiger partial charge in [0, 0.05) is 31.5 Å². The maximum Gasteiger partial charge on any atom is 0.259 e. The molecular formula is C22H26FN3O4. The van der Waals surface area contributed by atoms with E-state index < -0.39 is 11.6 Å². The number of nitrogens with one attached hydrogen (secondary N) is 1. The predicted octanol–water partition coefficient (Wildman–Crippen LogP) is 2.29. The van der Waals surface area contributed by atoms with Crippen LogP contribution in [0.25, 0.3) is 0 Å². The molecule has 3 rings (SSSR count). The fraction of sp³-hybridized carbons (Fsp3) is 0.409. The van der Waals surface area contributed by atoms with Gasteiger partial charge in [-0.3, -0.25) is 14.6 Å². The van der Waals surface area contributed by atoms with E-state index in [0.717, 1.165) is 5.56 Å². The van der Waals surface area contributed by atoms with E-state index in [1.165, 1.54) is 19.1 Å². The number of methoxy groups -OCH3 is 2. The number of amides is 2. The molecular weight excluding hydrogens is 389 g/mol. The van der Waals surface area contributed by atoms with Crippen molar-refractivity contribution in [2.45, 2.75) is 31.5 Å². The van der Waals surface area contributed by atoms with Gasteiger partial charge in [0.2, 0.25) is 11.6 Å². The zero-order valence-electron chi connectivity index (χ0n) is 17.2. The molecule has 0 spiro atoms. The summed E-state index contributed by atoms with van der Waals surface area (Å²) in [7, 11) is 3.07. The zero-order valence-corrected chi connectivity index (χ0v) is 17.2. The number of hydrogen-bond donors (Lipinski definition) is 1. The summed E-state index contributed by atoms with van der Waals surface area (Å²) in [5.74, 6) is 0.214. The smallest absolute Gasteiger partial charge is 0.259 e. The van der Waals surface area contributed by atoms with Gasteiger partial charge in [-0.15, -0.1) is 0 Å². The first-order valence-corrected chi connectivity index (χ1v) is 9.79. The molecule has 2 heterocycles. The molecule has 0 saturated carbocycles. The average molecular weight is 415 g/mol. The molecule has 1 aromatic heterocycles. The van der Waals surface area contributed by atoms with Gasteiger partial charge in [0.25, 0.3) is 5.91 Å². The number of aromatic nitrogens is 1. The van der Waals surface area contributed by atoms with E-state index in [4.69, 9.17) is 9.47 Å². The molecule has 1 aliphatic heterocycles. The van der Waals surface area contributed by atoms with Crippen molar-refractivity contribution < 1.29 is 23.5 Å². The van der Waals surface area contributed by atoms with Crippen LogP contribution in [0, 0.1) is 0 Å². The Labute approximate surface area is 175 Å². The number of hydrogen-bond acceptors (Lipinski definition) is 5. The molecule has 1 atom stereocenters. The second kappa shape index (κ2) is 9.56. The van der Waals surface area contributed by atoms with Gasteiger partial charge in [-0.1, -0.05) is 0 Å². The van der Waals surface area contributed by atoms with E-state index in [9.17, 15) is 9.59 Å². The summed E-state index contributed by atoms with van der Waals surface area (Å²) in [6, 6.07) is 8.71. The van der Waals surface area contributed by atoms with Gasteiger partial charge in [-0.25, -0.2) is 4.39 Å². The van der Waals surface area contributed by atoms with Crippen LogP contribution in [0.4, 0.5) is 4.39 Å². The highest BCUT2D eigenvalue weighted by Gasteiger charge is 2.43. The van der Waals surface area contributed by atoms with Gasteiger partial charge >= 0.3 is 0 Å². The molecule has 2 amide bonds. The van der Waals surface area contributed by atoms with E-state index in [2.05, 4.69) is 10.3 Å². The molecule has 1 aromatic carbocycles. The molecule has 1 aliphatic rings. The van der Waals surface area contributed by atoms with Crippen molar-refractivity contribution in [1.29, 1.82) is 0 Å². The Hall–Kier alpha value is -3.16. The summed E-state index contributed by atoms with van der Waals surface area (Å²) in [4.78, 5) is 30.6. The second-order valence-electron chi connectivity index (χ2n) is 7.32. The molecule has 30 heavy (non-hydrogen) atoms. The van der Waals surface area contributed by atoms with Crippen LogP contribution in [0.1, 0.15) is 24.0 Å². The standard InChI is InChI=1S/C22H26FN3O4/c1-29-18-10-17(11-19(13-18)30-2)12-20(27)26-9-3-6-22(23,15-26)21(28)25-14-16-4-7-24-8-5-16/h4-5,7-8,10-11,13H,3,6,9,12,14-15H2,1-2H3,(H,25,28). The van der Waals surface area contributed by atoms with Crippen molar-refractivity contribution >= 4 is 11.8 Å². The largest absolute Gasteiger partial charge is 0.497 e. The molecule has 160 valence electrons. The maximum absolute atomic E-state index is 15.4. The number of likely N-dealkylation sites (tertiary alicyclic amines) is 1. The number of pyridine rings is 1. The molecule has 1 fully saturated rings. The summed E-state index contributed by atoms with van der Waals surface area (Å²) in [6.07, 6.45) is 3.81. The minimum Gasteiger partial charge on any atom is -0.497 e. The summed E-state index contributed by atoms with van der Waals surface area (Å²) in [6.45, 7) is 0.378. The Morgan fingerprint density at radius 1 is 1.13 bits per heavy atom. The molecule has 7 nitrogen and oxygen atoms in total. The number of carbonyl (C=O) groups excluding carboxylic acids is 2. The van der Waals surface area contributed by atoms with Crippen molar-refractivity contribution in [3.8, 4) is 11.5 Å². The number of halogens is 1. The van der Waals surface area contributed by atoms with Crippen LogP contribution in [-0.2, 0) is 22.6 Å². The number of piperidine rings is 1. The lowest BCUT2D eigenvalue weighted by Crippen LogP contribution is -2.55. The lowest BCUT2D eigenvalue weighted by molar-refractivity contribution is -0.143. The van der Waals surface area contributed by atoms with Crippen molar-refractivity contribution in [3.63, 3.8) is 0 Å². The van der Waals surface area contributed by atoms with E-state index in [0.29, 0.717) is 30.0 Å². The normalized spacial score (nSPS) is 18.6. The van der Waals surface area contributed by atoms with Gasteiger partial charge in [-0.05, 0) is 48.2 Å². The molecule has 0 radical (unpaired) electrons. The monoisotopic (exact) mass is 415 g/mol. The first-order chi connectivity index (χ1) is 14.4. The number of carbonyl (C=O) groups is 2. The Morgan fingerprint density at radius 3 is 2.43 bits per heavy atom. The summed E-state index contributed by atoms with van der Waals surface area (Å²) >= 11 is 0. The average Bonchev–Trinajstić information content (AvgIpc) is 2.77. The van der Waals surface area contributed by atoms with Gasteiger partial charge in [-0.2, -0.15) is 0 Å². The number of nitrogens with zero attached hydrogens (tertiary/aromatic N) is 2. The minimum absolute atomic E-state index is 0.0717. The fourth-order valence-electron chi connectivity index (χ4n) is 3.51. The molecule has 1 unspecified atom stereocenters. The molecule has 0 bridgehead atoms. The molecule has 2 aromatic rings. The number of ether oxygens (including phenoxy) is 2. The van der Waals surface area contributed by atoms with Crippen LogP contribution < -0.4 is 14.8 Å². The SMILES string of the molecule is COc1cc(CC(=O)N2CCCC(F)(C(=O)NCc3ccncc3)C2)cc(OC)c1. The highest BCUT2D eigenvalue weighted by atomic mass is 19.1. The quantitative estimate of drug-likeness (QED) is 0.751. The van der Waals surface area contributed by atoms with E-state index in [1.807, 2.05) is 0 Å². The van der Waals surface area contributed by atoms with Crippen molar-refractivity contribution in [2.75, 3.05) is 27.3 Å². The van der Waals surface area contributed by atoms with Crippen molar-refractivity contribution in [2.24, 2.45) is 0 Å². The van der Waals surface area contributed by atoms with Gasteiger partial charge in [0.15, 0.2) is 0 Å². The Kier molecular flexibility index (Phi) is 6.87. The van der Waals surface area contributed by atoms with Crippen LogP contribution in [0.15, 0.2) is 42.7 Å². The molecule has 1 N–H and O–H groups in total. The van der Waals surface area contributed by atoms with Crippen molar-refractivity contribution in [1.82, 2.24) is 15.2 Å². The first kappa shape index (κ1) is 21.5. The number of rotatable bonds is 7.